The van der Waals surface area contributed by atoms with Crippen molar-refractivity contribution in [1.82, 2.24) is 0 Å². The minimum Gasteiger partial charge on any atom is -0.463 e. The molecule has 18 heteroatoms. The SMILES string of the molecule is CCCCC/C=C\C/C=C\C/C=C\C/C=C\CCCCCCCCCCCCCC(=O)OCC(O)COP(=O)(O)OCC(O)COP(=O)(O)OCC(COC(=O)CCCCCCC/C=C\CCCCCC)OC(=O)CCCCCCCCCCCCCCC. The molecule has 89 heavy (non-hydrogen) atoms. The van der Waals surface area contributed by atoms with E-state index >= 15 is 0 Å². The fourth-order valence-electron chi connectivity index (χ4n) is 9.73. The Bertz CT molecular complexity index is 1870. The molecule has 0 aliphatic rings. The van der Waals surface area contributed by atoms with Gasteiger partial charge in [-0.3, -0.25) is 32.5 Å². The fourth-order valence-corrected chi connectivity index (χ4v) is 11.3. The zero-order valence-corrected chi connectivity index (χ0v) is 58.1. The van der Waals surface area contributed by atoms with Crippen molar-refractivity contribution in [3.63, 3.8) is 0 Å². The van der Waals surface area contributed by atoms with Gasteiger partial charge in [0, 0.05) is 19.3 Å². The number of phosphoric ester groups is 2. The molecule has 0 heterocycles. The van der Waals surface area contributed by atoms with Crippen molar-refractivity contribution in [2.45, 2.75) is 334 Å². The Labute approximate surface area is 541 Å². The summed E-state index contributed by atoms with van der Waals surface area (Å²) in [4.78, 5) is 58.3. The number of carbonyl (C=O) groups is 3. The summed E-state index contributed by atoms with van der Waals surface area (Å²) in [6.07, 6.45) is 67.1. The largest absolute Gasteiger partial charge is 0.472 e. The highest BCUT2D eigenvalue weighted by molar-refractivity contribution is 7.47. The van der Waals surface area contributed by atoms with Gasteiger partial charge in [0.15, 0.2) is 6.10 Å². The Hall–Kier alpha value is -2.75. The van der Waals surface area contributed by atoms with Crippen LogP contribution in [0, 0.1) is 0 Å². The number of rotatable bonds is 68. The van der Waals surface area contributed by atoms with Crippen molar-refractivity contribution < 1.29 is 75.8 Å². The maximum Gasteiger partial charge on any atom is 0.472 e. The van der Waals surface area contributed by atoms with Crippen LogP contribution in [0.15, 0.2) is 60.8 Å². The Morgan fingerprint density at radius 2 is 0.562 bits per heavy atom. The van der Waals surface area contributed by atoms with Crippen LogP contribution in [-0.4, -0.2) is 95.9 Å². The number of hydrogen-bond donors (Lipinski definition) is 4. The lowest BCUT2D eigenvalue weighted by atomic mass is 10.0. The van der Waals surface area contributed by atoms with E-state index in [-0.39, 0.29) is 19.3 Å². The lowest BCUT2D eigenvalue weighted by Gasteiger charge is -2.21. The molecule has 5 unspecified atom stereocenters. The van der Waals surface area contributed by atoms with Crippen molar-refractivity contribution in [2.75, 3.05) is 39.6 Å². The van der Waals surface area contributed by atoms with Crippen molar-refractivity contribution in [1.29, 1.82) is 0 Å². The van der Waals surface area contributed by atoms with Crippen molar-refractivity contribution in [2.24, 2.45) is 0 Å². The van der Waals surface area contributed by atoms with Gasteiger partial charge in [0.25, 0.3) is 0 Å². The predicted molar refractivity (Wildman–Crippen MR) is 362 cm³/mol. The summed E-state index contributed by atoms with van der Waals surface area (Å²) in [6, 6.07) is 0. The molecule has 0 saturated carbocycles. The van der Waals surface area contributed by atoms with Gasteiger partial charge in [-0.2, -0.15) is 0 Å². The molecule has 0 aliphatic carbocycles. The number of hydrogen-bond acceptors (Lipinski definition) is 14. The lowest BCUT2D eigenvalue weighted by molar-refractivity contribution is -0.161. The molecule has 0 rings (SSSR count). The topological polar surface area (TPSA) is 231 Å². The molecule has 0 saturated heterocycles. The highest BCUT2D eigenvalue weighted by atomic mass is 31.2. The average molecular weight is 1300 g/mol. The summed E-state index contributed by atoms with van der Waals surface area (Å²) in [5, 5.41) is 20.5. The first-order valence-corrected chi connectivity index (χ1v) is 38.6. The first kappa shape index (κ1) is 86.2. The molecule has 0 amide bonds. The van der Waals surface area contributed by atoms with E-state index in [4.69, 9.17) is 32.3 Å². The maximum absolute atomic E-state index is 12.9. The first-order chi connectivity index (χ1) is 43.2. The van der Waals surface area contributed by atoms with E-state index in [1.165, 1.54) is 148 Å². The predicted octanol–water partition coefficient (Wildman–Crippen LogP) is 19.8. The van der Waals surface area contributed by atoms with E-state index in [2.05, 4.69) is 81.5 Å². The summed E-state index contributed by atoms with van der Waals surface area (Å²) in [7, 11) is -9.76. The number of allylic oxidation sites excluding steroid dienone is 10. The van der Waals surface area contributed by atoms with Crippen LogP contribution >= 0.6 is 15.6 Å². The molecular formula is C71H130O16P2. The van der Waals surface area contributed by atoms with Crippen LogP contribution in [-0.2, 0) is 55.8 Å². The molecule has 4 N–H and O–H groups in total. The monoisotopic (exact) mass is 1300 g/mol. The van der Waals surface area contributed by atoms with Crippen LogP contribution in [0.25, 0.3) is 0 Å². The third-order valence-electron chi connectivity index (χ3n) is 15.2. The molecule has 0 aromatic heterocycles. The van der Waals surface area contributed by atoms with Gasteiger partial charge in [0.2, 0.25) is 0 Å². The Kier molecular flexibility index (Phi) is 63.3. The smallest absolute Gasteiger partial charge is 0.463 e. The molecule has 0 aromatic rings. The fraction of sp³-hybridized carbons (Fsp3) is 0.817. The molecule has 0 aliphatic heterocycles. The quantitative estimate of drug-likeness (QED) is 0.0146. The van der Waals surface area contributed by atoms with Crippen LogP contribution in [0.4, 0.5) is 0 Å². The zero-order chi connectivity index (χ0) is 65.3. The highest BCUT2D eigenvalue weighted by Crippen LogP contribution is 2.45. The van der Waals surface area contributed by atoms with Crippen molar-refractivity contribution in [3.05, 3.63) is 60.8 Å². The molecule has 0 radical (unpaired) electrons. The number of ether oxygens (including phenoxy) is 3. The molecular weight excluding hydrogens is 1170 g/mol. The second-order valence-electron chi connectivity index (χ2n) is 24.0. The molecule has 16 nitrogen and oxygen atoms in total. The first-order valence-electron chi connectivity index (χ1n) is 35.6. The van der Waals surface area contributed by atoms with Gasteiger partial charge in [0.1, 0.15) is 25.4 Å². The van der Waals surface area contributed by atoms with E-state index in [1.54, 1.807) is 0 Å². The lowest BCUT2D eigenvalue weighted by Crippen LogP contribution is -2.30. The van der Waals surface area contributed by atoms with Crippen molar-refractivity contribution in [3.8, 4) is 0 Å². The van der Waals surface area contributed by atoms with E-state index in [1.807, 2.05) is 0 Å². The van der Waals surface area contributed by atoms with Gasteiger partial charge in [0.05, 0.1) is 26.4 Å². The number of unbranched alkanes of at least 4 members (excludes halogenated alkanes) is 35. The van der Waals surface area contributed by atoms with Crippen LogP contribution in [0.1, 0.15) is 316 Å². The Morgan fingerprint density at radius 1 is 0.315 bits per heavy atom. The van der Waals surface area contributed by atoms with Gasteiger partial charge < -0.3 is 34.2 Å². The Morgan fingerprint density at radius 3 is 0.933 bits per heavy atom. The van der Waals surface area contributed by atoms with E-state index in [9.17, 15) is 43.5 Å². The minimum absolute atomic E-state index is 0.109. The highest BCUT2D eigenvalue weighted by Gasteiger charge is 2.29. The number of phosphoric acid groups is 2. The minimum atomic E-state index is -4.91. The van der Waals surface area contributed by atoms with Crippen LogP contribution in [0.5, 0.6) is 0 Å². The second kappa shape index (κ2) is 65.3. The summed E-state index contributed by atoms with van der Waals surface area (Å²) >= 11 is 0. The van der Waals surface area contributed by atoms with Gasteiger partial charge in [-0.25, -0.2) is 9.13 Å². The molecule has 0 spiro atoms. The van der Waals surface area contributed by atoms with Gasteiger partial charge in [-0.05, 0) is 89.9 Å². The van der Waals surface area contributed by atoms with E-state index in [0.29, 0.717) is 19.3 Å². The van der Waals surface area contributed by atoms with Gasteiger partial charge in [-0.1, -0.05) is 268 Å². The number of aliphatic hydroxyl groups excluding tert-OH is 2. The number of esters is 3. The standard InChI is InChI=1S/C71H130O16P2/c1-4-7-10-13-16-19-22-25-26-27-28-29-30-31-32-33-34-35-36-37-38-41-43-45-48-51-54-57-69(74)81-60-66(72)61-83-88(77,78)84-62-67(73)63-85-89(79,80)86-65-68(87-71(76)59-56-53-50-47-44-40-24-21-18-15-12-9-6-3)64-82-70(75)58-55-52-49-46-42-39-23-20-17-14-11-8-5-2/h16,19-20,23,25-26,28-29,31-32,66-68,72-73H,4-15,17-18,21-22,24,27,30,33-65H2,1-3H3,(H,77,78)(H,79,80)/b19-16-,23-20-,26-25-,29-28-,32-31-. The third kappa shape index (κ3) is 66.5. The normalized spacial score (nSPS) is 14.6. The number of carbonyl (C=O) groups excluding carboxylic acids is 3. The second-order valence-corrected chi connectivity index (χ2v) is 26.9. The maximum atomic E-state index is 12.9. The number of aliphatic hydroxyl groups is 2. The summed E-state index contributed by atoms with van der Waals surface area (Å²) in [5.41, 5.74) is 0. The summed E-state index contributed by atoms with van der Waals surface area (Å²) in [6.45, 7) is 2.65. The third-order valence-corrected chi connectivity index (χ3v) is 17.1. The molecule has 0 fully saturated rings. The summed E-state index contributed by atoms with van der Waals surface area (Å²) in [5.74, 6) is -1.57. The van der Waals surface area contributed by atoms with E-state index in [0.717, 1.165) is 109 Å². The zero-order valence-electron chi connectivity index (χ0n) is 56.4. The van der Waals surface area contributed by atoms with Crippen molar-refractivity contribution >= 4 is 33.6 Å². The van der Waals surface area contributed by atoms with Crippen LogP contribution in [0.3, 0.4) is 0 Å². The molecule has 0 bridgehead atoms. The molecule has 5 atom stereocenters. The van der Waals surface area contributed by atoms with Gasteiger partial charge in [-0.15, -0.1) is 0 Å². The summed E-state index contributed by atoms with van der Waals surface area (Å²) < 4.78 is 60.9. The molecule has 520 valence electrons. The van der Waals surface area contributed by atoms with Crippen LogP contribution in [0.2, 0.25) is 0 Å². The Balaban J connectivity index is 4.44. The molecule has 0 aromatic carbocycles. The average Bonchev–Trinajstić information content (AvgIpc) is 3.55. The van der Waals surface area contributed by atoms with E-state index < -0.39 is 91.5 Å². The van der Waals surface area contributed by atoms with Crippen LogP contribution < -0.4 is 0 Å². The van der Waals surface area contributed by atoms with Gasteiger partial charge >= 0.3 is 33.6 Å².